The predicted octanol–water partition coefficient (Wildman–Crippen LogP) is 3.57. The lowest BCUT2D eigenvalue weighted by molar-refractivity contribution is -0.384. The van der Waals surface area contributed by atoms with Crippen LogP contribution < -0.4 is 16.0 Å². The highest BCUT2D eigenvalue weighted by Gasteiger charge is 2.11. The lowest BCUT2D eigenvalue weighted by atomic mass is 10.2. The van der Waals surface area contributed by atoms with Gasteiger partial charge in [-0.15, -0.1) is 35.3 Å². The fraction of sp³-hybridized carbons (Fsp3) is 0.412. The lowest BCUT2D eigenvalue weighted by Gasteiger charge is -2.12. The van der Waals surface area contributed by atoms with Crippen molar-refractivity contribution in [2.45, 2.75) is 26.3 Å². The SMILES string of the molecule is CN=C(NCCNc1ccccc1[N+](=O)[O-])NCc1nc(C(C)C)cs1.I. The maximum Gasteiger partial charge on any atom is 0.292 e. The molecule has 148 valence electrons. The first-order valence-corrected chi connectivity index (χ1v) is 9.25. The van der Waals surface area contributed by atoms with Crippen LogP contribution in [0.3, 0.4) is 0 Å². The van der Waals surface area contributed by atoms with Crippen molar-refractivity contribution in [3.63, 3.8) is 0 Å². The van der Waals surface area contributed by atoms with Crippen molar-refractivity contribution in [2.24, 2.45) is 4.99 Å². The number of rotatable bonds is 8. The number of halogens is 1. The predicted molar refractivity (Wildman–Crippen MR) is 121 cm³/mol. The van der Waals surface area contributed by atoms with E-state index in [9.17, 15) is 10.1 Å². The van der Waals surface area contributed by atoms with E-state index in [1.807, 2.05) is 0 Å². The number of para-hydroxylation sites is 2. The van der Waals surface area contributed by atoms with Crippen LogP contribution in [0, 0.1) is 10.1 Å². The zero-order valence-electron chi connectivity index (χ0n) is 15.6. The Morgan fingerprint density at radius 1 is 1.30 bits per heavy atom. The van der Waals surface area contributed by atoms with E-state index in [1.165, 1.54) is 6.07 Å². The average Bonchev–Trinajstić information content (AvgIpc) is 3.10. The van der Waals surface area contributed by atoms with E-state index < -0.39 is 4.92 Å². The van der Waals surface area contributed by atoms with Crippen LogP contribution in [0.5, 0.6) is 0 Å². The molecule has 10 heteroatoms. The average molecular weight is 504 g/mol. The molecular formula is C17H25IN6O2S. The Morgan fingerprint density at radius 2 is 2.04 bits per heavy atom. The van der Waals surface area contributed by atoms with E-state index in [2.05, 4.69) is 45.2 Å². The largest absolute Gasteiger partial charge is 0.378 e. The van der Waals surface area contributed by atoms with Gasteiger partial charge in [0.25, 0.3) is 5.69 Å². The van der Waals surface area contributed by atoms with Crippen molar-refractivity contribution in [2.75, 3.05) is 25.5 Å². The first kappa shape index (κ1) is 23.1. The molecule has 0 aliphatic rings. The summed E-state index contributed by atoms with van der Waals surface area (Å²) in [5, 5.41) is 23.5. The van der Waals surface area contributed by atoms with Crippen LogP contribution in [0.4, 0.5) is 11.4 Å². The summed E-state index contributed by atoms with van der Waals surface area (Å²) in [6.45, 7) is 5.95. The molecule has 2 rings (SSSR count). The van der Waals surface area contributed by atoms with Crippen molar-refractivity contribution in [3.8, 4) is 0 Å². The molecule has 0 spiro atoms. The minimum absolute atomic E-state index is 0. The van der Waals surface area contributed by atoms with Crippen LogP contribution in [-0.2, 0) is 6.54 Å². The maximum atomic E-state index is 11.0. The van der Waals surface area contributed by atoms with Crippen molar-refractivity contribution in [1.82, 2.24) is 15.6 Å². The van der Waals surface area contributed by atoms with Crippen molar-refractivity contribution < 1.29 is 4.92 Å². The highest BCUT2D eigenvalue weighted by atomic mass is 127. The number of hydrogen-bond acceptors (Lipinski definition) is 6. The number of nitrogens with zero attached hydrogens (tertiary/aromatic N) is 3. The van der Waals surface area contributed by atoms with E-state index in [0.717, 1.165) is 10.7 Å². The first-order valence-electron chi connectivity index (χ1n) is 8.37. The quantitative estimate of drug-likeness (QED) is 0.127. The number of thiazole rings is 1. The van der Waals surface area contributed by atoms with Crippen LogP contribution in [0.25, 0.3) is 0 Å². The fourth-order valence-electron chi connectivity index (χ4n) is 2.21. The molecule has 1 aromatic heterocycles. The van der Waals surface area contributed by atoms with Crippen LogP contribution in [0.1, 0.15) is 30.5 Å². The summed E-state index contributed by atoms with van der Waals surface area (Å²) in [6.07, 6.45) is 0. The number of aromatic nitrogens is 1. The summed E-state index contributed by atoms with van der Waals surface area (Å²) in [5.41, 5.74) is 1.68. The standard InChI is InChI=1S/C17H24N6O2S.HI/c1-12(2)14-11-26-16(22-14)10-21-17(18-3)20-9-8-19-13-6-4-5-7-15(13)23(24)25;/h4-7,11-12,19H,8-10H2,1-3H3,(H2,18,20,21);1H. The minimum atomic E-state index is -0.393. The van der Waals surface area contributed by atoms with Crippen LogP contribution >= 0.6 is 35.3 Å². The van der Waals surface area contributed by atoms with Gasteiger partial charge >= 0.3 is 0 Å². The molecule has 8 nitrogen and oxygen atoms in total. The smallest absolute Gasteiger partial charge is 0.292 e. The van der Waals surface area contributed by atoms with Gasteiger partial charge < -0.3 is 16.0 Å². The molecular weight excluding hydrogens is 479 g/mol. The summed E-state index contributed by atoms with van der Waals surface area (Å²) in [6, 6.07) is 6.59. The van der Waals surface area contributed by atoms with Crippen molar-refractivity contribution in [3.05, 3.63) is 50.5 Å². The number of guanidine groups is 1. The van der Waals surface area contributed by atoms with E-state index >= 15 is 0 Å². The molecule has 27 heavy (non-hydrogen) atoms. The Labute approximate surface area is 180 Å². The maximum absolute atomic E-state index is 11.0. The molecule has 0 unspecified atom stereocenters. The summed E-state index contributed by atoms with van der Waals surface area (Å²) < 4.78 is 0. The number of hydrogen-bond donors (Lipinski definition) is 3. The van der Waals surface area contributed by atoms with Gasteiger partial charge in [-0.3, -0.25) is 15.1 Å². The molecule has 3 N–H and O–H groups in total. The molecule has 0 aliphatic heterocycles. The second-order valence-electron chi connectivity index (χ2n) is 5.87. The monoisotopic (exact) mass is 504 g/mol. The van der Waals surface area contributed by atoms with Crippen molar-refractivity contribution >= 4 is 52.6 Å². The zero-order valence-corrected chi connectivity index (χ0v) is 18.7. The zero-order chi connectivity index (χ0) is 18.9. The number of anilines is 1. The van der Waals surface area contributed by atoms with Crippen LogP contribution in [0.2, 0.25) is 0 Å². The molecule has 0 saturated heterocycles. The Balaban J connectivity index is 0.00000364. The van der Waals surface area contributed by atoms with Gasteiger partial charge in [0.15, 0.2) is 5.96 Å². The first-order chi connectivity index (χ1) is 12.5. The van der Waals surface area contributed by atoms with E-state index in [-0.39, 0.29) is 29.7 Å². The summed E-state index contributed by atoms with van der Waals surface area (Å²) in [5.74, 6) is 1.08. The van der Waals surface area contributed by atoms with E-state index in [0.29, 0.717) is 37.2 Å². The molecule has 2 aromatic rings. The minimum Gasteiger partial charge on any atom is -0.378 e. The van der Waals surface area contributed by atoms with E-state index in [1.54, 1.807) is 36.6 Å². The highest BCUT2D eigenvalue weighted by Crippen LogP contribution is 2.22. The molecule has 1 heterocycles. The topological polar surface area (TPSA) is 104 Å². The second-order valence-corrected chi connectivity index (χ2v) is 6.82. The second kappa shape index (κ2) is 11.7. The fourth-order valence-corrected chi connectivity index (χ4v) is 3.11. The Morgan fingerprint density at radius 3 is 2.67 bits per heavy atom. The van der Waals surface area contributed by atoms with Gasteiger partial charge in [0.05, 0.1) is 17.2 Å². The normalized spacial score (nSPS) is 11.0. The van der Waals surface area contributed by atoms with Crippen LogP contribution in [-0.4, -0.2) is 36.0 Å². The summed E-state index contributed by atoms with van der Waals surface area (Å²) in [4.78, 5) is 19.3. The van der Waals surface area contributed by atoms with Gasteiger partial charge in [-0.2, -0.15) is 0 Å². The third kappa shape index (κ3) is 7.29. The molecule has 0 atom stereocenters. The van der Waals surface area contributed by atoms with Gasteiger partial charge in [-0.1, -0.05) is 26.0 Å². The molecule has 0 saturated carbocycles. The third-order valence-corrected chi connectivity index (χ3v) is 4.49. The van der Waals surface area contributed by atoms with Gasteiger partial charge in [-0.25, -0.2) is 4.98 Å². The molecule has 0 fully saturated rings. The number of nitro benzene ring substituents is 1. The molecule has 0 amide bonds. The molecule has 0 bridgehead atoms. The van der Waals surface area contributed by atoms with Gasteiger partial charge in [-0.05, 0) is 12.0 Å². The lowest BCUT2D eigenvalue weighted by Crippen LogP contribution is -2.39. The summed E-state index contributed by atoms with van der Waals surface area (Å²) >= 11 is 1.63. The number of aliphatic imine (C=N–C) groups is 1. The highest BCUT2D eigenvalue weighted by molar-refractivity contribution is 14.0. The Kier molecular flexibility index (Phi) is 10.0. The summed E-state index contributed by atoms with van der Waals surface area (Å²) in [7, 11) is 1.70. The van der Waals surface area contributed by atoms with E-state index in [4.69, 9.17) is 0 Å². The van der Waals surface area contributed by atoms with Crippen LogP contribution in [0.15, 0.2) is 34.6 Å². The number of benzene rings is 1. The third-order valence-electron chi connectivity index (χ3n) is 3.63. The number of nitrogens with one attached hydrogen (secondary N) is 3. The molecule has 0 aliphatic carbocycles. The molecule has 1 aromatic carbocycles. The van der Waals surface area contributed by atoms with Gasteiger partial charge in [0, 0.05) is 31.6 Å². The van der Waals surface area contributed by atoms with Crippen molar-refractivity contribution in [1.29, 1.82) is 0 Å². The Hall–Kier alpha value is -1.95. The molecule has 0 radical (unpaired) electrons. The number of nitro groups is 1. The Bertz CT molecular complexity index is 765. The van der Waals surface area contributed by atoms with Gasteiger partial charge in [0.1, 0.15) is 10.7 Å². The van der Waals surface area contributed by atoms with Gasteiger partial charge in [0.2, 0.25) is 0 Å².